The summed E-state index contributed by atoms with van der Waals surface area (Å²) in [4.78, 5) is 41.5. The first kappa shape index (κ1) is 38.1. The van der Waals surface area contributed by atoms with Crippen LogP contribution >= 0.6 is 0 Å². The molecule has 0 aromatic carbocycles. The van der Waals surface area contributed by atoms with Crippen molar-refractivity contribution >= 4 is 17.9 Å². The third-order valence-electron chi connectivity index (χ3n) is 11.3. The van der Waals surface area contributed by atoms with E-state index < -0.39 is 64.1 Å². The smallest absolute Gasteiger partial charge is 0.309 e. The molecular formula is C37H64N2O8. The molecule has 0 bridgehead atoms. The zero-order valence-electron chi connectivity index (χ0n) is 31.3. The lowest BCUT2D eigenvalue weighted by Gasteiger charge is -2.51. The van der Waals surface area contributed by atoms with E-state index in [1.807, 2.05) is 55.4 Å². The largest absolute Gasteiger partial charge is 0.462 e. The van der Waals surface area contributed by atoms with Gasteiger partial charge in [0.15, 0.2) is 0 Å². The highest BCUT2D eigenvalue weighted by Gasteiger charge is 2.50. The molecule has 0 aromatic rings. The Morgan fingerprint density at radius 1 is 0.468 bits per heavy atom. The lowest BCUT2D eigenvalue weighted by Crippen LogP contribution is -2.61. The zero-order chi connectivity index (χ0) is 35.5. The number of hydroxylamine groups is 4. The molecule has 47 heavy (non-hydrogen) atoms. The molecule has 0 spiro atoms. The van der Waals surface area contributed by atoms with Crippen molar-refractivity contribution in [3.8, 4) is 0 Å². The minimum Gasteiger partial charge on any atom is -0.462 e. The molecule has 10 heteroatoms. The molecule has 4 fully saturated rings. The van der Waals surface area contributed by atoms with Crippen LogP contribution in [0.5, 0.6) is 0 Å². The van der Waals surface area contributed by atoms with Crippen LogP contribution in [0.25, 0.3) is 0 Å². The normalized spacial score (nSPS) is 32.7. The number of carbonyl (C=O) groups excluding carboxylic acids is 3. The van der Waals surface area contributed by atoms with Gasteiger partial charge in [0.2, 0.25) is 0 Å². The Balaban J connectivity index is 1.52. The van der Waals surface area contributed by atoms with Crippen molar-refractivity contribution in [2.75, 3.05) is 0 Å². The van der Waals surface area contributed by atoms with Crippen LogP contribution in [0, 0.1) is 28.6 Å². The Morgan fingerprint density at radius 3 is 0.957 bits per heavy atom. The molecule has 4 rings (SSSR count). The summed E-state index contributed by atoms with van der Waals surface area (Å²) >= 11 is 0. The monoisotopic (exact) mass is 664 g/mol. The second-order valence-corrected chi connectivity index (χ2v) is 19.6. The molecule has 2 atom stereocenters. The highest BCUT2D eigenvalue weighted by atomic mass is 16.6. The number of nitrogens with zero attached hydrogens (tertiary/aromatic N) is 2. The first-order valence-electron chi connectivity index (χ1n) is 17.8. The number of carbonyl (C=O) groups is 3. The third-order valence-corrected chi connectivity index (χ3v) is 11.3. The van der Waals surface area contributed by atoms with Gasteiger partial charge in [0.05, 0.1) is 17.8 Å². The fraction of sp³-hybridized carbons (Fsp3) is 0.919. The quantitative estimate of drug-likeness (QED) is 0.225. The lowest BCUT2D eigenvalue weighted by atomic mass is 9.64. The molecule has 2 saturated carbocycles. The van der Waals surface area contributed by atoms with E-state index in [4.69, 9.17) is 14.2 Å². The van der Waals surface area contributed by atoms with E-state index in [0.29, 0.717) is 25.7 Å². The van der Waals surface area contributed by atoms with Gasteiger partial charge < -0.3 is 24.6 Å². The van der Waals surface area contributed by atoms with Crippen molar-refractivity contribution in [2.45, 2.75) is 188 Å². The van der Waals surface area contributed by atoms with Crippen LogP contribution in [0.3, 0.4) is 0 Å². The van der Waals surface area contributed by atoms with Gasteiger partial charge >= 0.3 is 17.9 Å². The maximum Gasteiger partial charge on any atom is 0.309 e. The Morgan fingerprint density at radius 2 is 0.702 bits per heavy atom. The molecule has 2 aliphatic carbocycles. The molecule has 2 N–H and O–H groups in total. The summed E-state index contributed by atoms with van der Waals surface area (Å²) in [5, 5.41) is 24.2. The van der Waals surface area contributed by atoms with Crippen LogP contribution in [0.4, 0.5) is 0 Å². The zero-order valence-corrected chi connectivity index (χ0v) is 31.3. The van der Waals surface area contributed by atoms with E-state index in [-0.39, 0.29) is 42.2 Å². The Hall–Kier alpha value is -1.75. The Kier molecular flexibility index (Phi) is 10.4. The fourth-order valence-electron chi connectivity index (χ4n) is 10.0. The summed E-state index contributed by atoms with van der Waals surface area (Å²) in [6.45, 7) is 24.2. The summed E-state index contributed by atoms with van der Waals surface area (Å²) in [7, 11) is 0. The fourth-order valence-corrected chi connectivity index (χ4v) is 10.0. The third kappa shape index (κ3) is 8.89. The van der Waals surface area contributed by atoms with Gasteiger partial charge in [-0.15, -0.1) is 0 Å². The molecule has 2 heterocycles. The molecule has 10 nitrogen and oxygen atoms in total. The first-order chi connectivity index (χ1) is 21.2. The van der Waals surface area contributed by atoms with Crippen molar-refractivity contribution in [3.05, 3.63) is 0 Å². The molecule has 2 aliphatic heterocycles. The predicted octanol–water partition coefficient (Wildman–Crippen LogP) is 7.08. The molecule has 0 amide bonds. The van der Waals surface area contributed by atoms with Gasteiger partial charge in [0, 0.05) is 47.8 Å². The van der Waals surface area contributed by atoms with Crippen LogP contribution in [0.15, 0.2) is 0 Å². The van der Waals surface area contributed by atoms with Crippen LogP contribution < -0.4 is 0 Å². The maximum atomic E-state index is 13.8. The second kappa shape index (κ2) is 12.9. The van der Waals surface area contributed by atoms with E-state index in [1.54, 1.807) is 0 Å². The molecule has 0 aromatic heterocycles. The van der Waals surface area contributed by atoms with E-state index in [0.717, 1.165) is 19.3 Å². The second-order valence-electron chi connectivity index (χ2n) is 19.6. The standard InChI is InChI=1S/C37H64N2O8/c1-32(2)16-26(17-33(3,4)22-32)45-29(40)23-13-24(30(41)46-27-18-34(5,6)38(43)35(7,8)19-27)15-25(14-23)31(42)47-28-20-36(9,10)39(44)37(11,12)21-28/h23-28,43-44H,13-22H2,1-12H3. The average molecular weight is 665 g/mol. The molecule has 2 unspecified atom stereocenters. The maximum absolute atomic E-state index is 13.8. The summed E-state index contributed by atoms with van der Waals surface area (Å²) in [6.07, 6.45) is 4.16. The van der Waals surface area contributed by atoms with Crippen LogP contribution in [0.1, 0.15) is 147 Å². The van der Waals surface area contributed by atoms with Crippen molar-refractivity contribution in [1.82, 2.24) is 10.1 Å². The summed E-state index contributed by atoms with van der Waals surface area (Å²) < 4.78 is 18.4. The minimum absolute atomic E-state index is 0.0370. The highest BCUT2D eigenvalue weighted by molar-refractivity contribution is 5.80. The van der Waals surface area contributed by atoms with Gasteiger partial charge in [-0.05, 0) is 105 Å². The van der Waals surface area contributed by atoms with E-state index >= 15 is 0 Å². The van der Waals surface area contributed by atoms with Crippen LogP contribution in [0.2, 0.25) is 0 Å². The summed E-state index contributed by atoms with van der Waals surface area (Å²) in [5.41, 5.74) is -2.29. The topological polar surface area (TPSA) is 126 Å². The number of hydrogen-bond acceptors (Lipinski definition) is 10. The number of ether oxygens (including phenoxy) is 3. The number of piperidine rings is 2. The molecule has 270 valence electrons. The minimum atomic E-state index is -0.663. The van der Waals surface area contributed by atoms with Gasteiger partial charge in [-0.1, -0.05) is 27.7 Å². The van der Waals surface area contributed by atoms with E-state index in [1.165, 1.54) is 10.1 Å². The van der Waals surface area contributed by atoms with E-state index in [2.05, 4.69) is 27.7 Å². The number of hydrogen-bond donors (Lipinski definition) is 2. The van der Waals surface area contributed by atoms with Crippen LogP contribution in [-0.2, 0) is 28.6 Å². The summed E-state index contributed by atoms with van der Waals surface area (Å²) in [6, 6.07) is 0. The molecular weight excluding hydrogens is 600 g/mol. The van der Waals surface area contributed by atoms with Crippen LogP contribution in [-0.4, -0.2) is 78.9 Å². The lowest BCUT2D eigenvalue weighted by molar-refractivity contribution is -0.260. The van der Waals surface area contributed by atoms with Gasteiger partial charge in [-0.3, -0.25) is 14.4 Å². The Labute approximate surface area is 283 Å². The predicted molar refractivity (Wildman–Crippen MR) is 177 cm³/mol. The van der Waals surface area contributed by atoms with Gasteiger partial charge in [-0.25, -0.2) is 0 Å². The summed E-state index contributed by atoms with van der Waals surface area (Å²) in [5.74, 6) is -3.15. The first-order valence-corrected chi connectivity index (χ1v) is 17.8. The Bertz CT molecular complexity index is 1070. The molecule has 0 radical (unpaired) electrons. The average Bonchev–Trinajstić information content (AvgIpc) is 2.87. The highest BCUT2D eigenvalue weighted by Crippen LogP contribution is 2.48. The SMILES string of the molecule is CC1(C)CC(OC(=O)C2CC(C(=O)OC3CC(C)(C)N(O)C(C)(C)C3)CC(C(=O)OC3CC(C)(C)N(O)C(C)(C)C3)C2)CC(C)(C)C1. The molecule has 4 aliphatic rings. The van der Waals surface area contributed by atoms with E-state index in [9.17, 15) is 24.8 Å². The molecule has 2 saturated heterocycles. The van der Waals surface area contributed by atoms with Gasteiger partial charge in [-0.2, -0.15) is 10.1 Å². The number of esters is 3. The van der Waals surface area contributed by atoms with Crippen molar-refractivity contribution < 1.29 is 39.0 Å². The number of rotatable bonds is 6. The van der Waals surface area contributed by atoms with Crippen molar-refractivity contribution in [3.63, 3.8) is 0 Å². The van der Waals surface area contributed by atoms with Crippen molar-refractivity contribution in [2.24, 2.45) is 28.6 Å². The van der Waals surface area contributed by atoms with Gasteiger partial charge in [0.1, 0.15) is 18.3 Å². The van der Waals surface area contributed by atoms with Gasteiger partial charge in [0.25, 0.3) is 0 Å². The van der Waals surface area contributed by atoms with Crippen molar-refractivity contribution in [1.29, 1.82) is 0 Å².